The van der Waals surface area contributed by atoms with Crippen molar-refractivity contribution in [3.05, 3.63) is 133 Å². The van der Waals surface area contributed by atoms with Gasteiger partial charge < -0.3 is 4.42 Å². The maximum absolute atomic E-state index is 6.26. The number of nitrogens with zero attached hydrogens (tertiary/aromatic N) is 2. The SMILES string of the molecule is CC(C)c1cc(-c2ccccc2)cc(C(C)C)c1-n1c(-c2coc3ccc([Si](C)(C)c4ccccc4)cc23)nc2ccccc21. The van der Waals surface area contributed by atoms with Gasteiger partial charge in [0.2, 0.25) is 0 Å². The molecule has 7 rings (SSSR count). The lowest BCUT2D eigenvalue weighted by atomic mass is 9.88. The highest BCUT2D eigenvalue weighted by atomic mass is 28.3. The van der Waals surface area contributed by atoms with E-state index in [0.717, 1.165) is 33.4 Å². The zero-order valence-electron chi connectivity index (χ0n) is 27.0. The summed E-state index contributed by atoms with van der Waals surface area (Å²) in [5.74, 6) is 1.53. The molecule has 0 bridgehead atoms. The highest BCUT2D eigenvalue weighted by molar-refractivity contribution is 7.00. The van der Waals surface area contributed by atoms with Crippen LogP contribution < -0.4 is 10.4 Å². The number of hydrogen-bond acceptors (Lipinski definition) is 2. The van der Waals surface area contributed by atoms with Gasteiger partial charge in [0.1, 0.15) is 25.7 Å². The normalized spacial score (nSPS) is 12.2. The van der Waals surface area contributed by atoms with Gasteiger partial charge in [-0.1, -0.05) is 136 Å². The Balaban J connectivity index is 1.51. The molecule has 2 heterocycles. The van der Waals surface area contributed by atoms with Crippen molar-refractivity contribution in [3.8, 4) is 28.2 Å². The molecule has 5 aromatic carbocycles. The standard InChI is InChI=1S/C41H40N2OSi/c1-27(2)33-23-30(29-15-9-7-10-16-29)24-34(28(3)4)40(33)43-38-20-14-13-19-37(38)42-41(43)36-26-44-39-22-21-32(25-35(36)39)45(5,6)31-17-11-8-12-18-31/h7-28H,1-6H3. The Morgan fingerprint density at radius 2 is 1.27 bits per heavy atom. The summed E-state index contributed by atoms with van der Waals surface area (Å²) in [6.45, 7) is 14.0. The second kappa shape index (κ2) is 11.4. The zero-order chi connectivity index (χ0) is 31.3. The Bertz CT molecular complexity index is 2110. The van der Waals surface area contributed by atoms with Crippen molar-refractivity contribution in [1.82, 2.24) is 9.55 Å². The van der Waals surface area contributed by atoms with Crippen LogP contribution in [0.2, 0.25) is 13.1 Å². The summed E-state index contributed by atoms with van der Waals surface area (Å²) < 4.78 is 8.67. The van der Waals surface area contributed by atoms with Gasteiger partial charge in [-0.25, -0.2) is 4.98 Å². The average molecular weight is 605 g/mol. The highest BCUT2D eigenvalue weighted by Crippen LogP contribution is 2.41. The summed E-state index contributed by atoms with van der Waals surface area (Å²) in [4.78, 5) is 5.33. The molecule has 45 heavy (non-hydrogen) atoms. The van der Waals surface area contributed by atoms with Crippen molar-refractivity contribution < 1.29 is 4.42 Å². The third-order valence-corrected chi connectivity index (χ3v) is 12.9. The molecule has 4 heteroatoms. The lowest BCUT2D eigenvalue weighted by molar-refractivity contribution is 0.616. The number of imidazole rings is 1. The van der Waals surface area contributed by atoms with E-state index < -0.39 is 8.07 Å². The lowest BCUT2D eigenvalue weighted by Crippen LogP contribution is -2.52. The second-order valence-electron chi connectivity index (χ2n) is 13.3. The van der Waals surface area contributed by atoms with E-state index >= 15 is 0 Å². The van der Waals surface area contributed by atoms with Crippen molar-refractivity contribution >= 4 is 40.4 Å². The number of furan rings is 1. The summed E-state index contributed by atoms with van der Waals surface area (Å²) in [5, 5.41) is 3.91. The van der Waals surface area contributed by atoms with Crippen molar-refractivity contribution in [2.45, 2.75) is 52.6 Å². The number of hydrogen-bond donors (Lipinski definition) is 0. The maximum Gasteiger partial charge on any atom is 0.149 e. The van der Waals surface area contributed by atoms with Crippen LogP contribution in [-0.2, 0) is 0 Å². The maximum atomic E-state index is 6.26. The molecule has 224 valence electrons. The molecule has 0 aliphatic carbocycles. The van der Waals surface area contributed by atoms with E-state index in [0.29, 0.717) is 11.8 Å². The van der Waals surface area contributed by atoms with E-state index in [1.165, 1.54) is 38.3 Å². The first-order chi connectivity index (χ1) is 21.7. The quantitative estimate of drug-likeness (QED) is 0.170. The fourth-order valence-electron chi connectivity index (χ4n) is 6.66. The van der Waals surface area contributed by atoms with Crippen LogP contribution in [0.4, 0.5) is 0 Å². The molecule has 0 aliphatic rings. The van der Waals surface area contributed by atoms with E-state index in [1.807, 2.05) is 6.26 Å². The van der Waals surface area contributed by atoms with Crippen LogP contribution in [0.15, 0.2) is 126 Å². The molecule has 3 nitrogen and oxygen atoms in total. The van der Waals surface area contributed by atoms with Crippen molar-refractivity contribution in [2.24, 2.45) is 0 Å². The van der Waals surface area contributed by atoms with Gasteiger partial charge in [0.25, 0.3) is 0 Å². The summed E-state index contributed by atoms with van der Waals surface area (Å²) >= 11 is 0. The Labute approximate surface area is 267 Å². The minimum Gasteiger partial charge on any atom is -0.464 e. The Kier molecular flexibility index (Phi) is 7.33. The smallest absolute Gasteiger partial charge is 0.149 e. The van der Waals surface area contributed by atoms with Gasteiger partial charge in [-0.15, -0.1) is 0 Å². The van der Waals surface area contributed by atoms with Crippen molar-refractivity contribution in [3.63, 3.8) is 0 Å². The summed E-state index contributed by atoms with van der Waals surface area (Å²) in [5.41, 5.74) is 10.3. The van der Waals surface area contributed by atoms with E-state index in [2.05, 4.69) is 161 Å². The first-order valence-corrected chi connectivity index (χ1v) is 19.0. The summed E-state index contributed by atoms with van der Waals surface area (Å²) in [7, 11) is -1.93. The zero-order valence-corrected chi connectivity index (χ0v) is 28.0. The molecule has 0 unspecified atom stereocenters. The van der Waals surface area contributed by atoms with Crippen LogP contribution in [0.1, 0.15) is 50.7 Å². The Morgan fingerprint density at radius 1 is 0.644 bits per heavy atom. The van der Waals surface area contributed by atoms with Crippen LogP contribution in [0, 0.1) is 0 Å². The van der Waals surface area contributed by atoms with Gasteiger partial charge in [-0.2, -0.15) is 0 Å². The molecule has 0 spiro atoms. The van der Waals surface area contributed by atoms with Gasteiger partial charge in [-0.05, 0) is 64.4 Å². The Morgan fingerprint density at radius 3 is 1.93 bits per heavy atom. The number of fused-ring (bicyclic) bond motifs is 2. The first kappa shape index (κ1) is 29.1. The van der Waals surface area contributed by atoms with E-state index in [1.54, 1.807) is 0 Å². The van der Waals surface area contributed by atoms with Crippen LogP contribution >= 0.6 is 0 Å². The fourth-order valence-corrected chi connectivity index (χ4v) is 9.03. The molecular weight excluding hydrogens is 565 g/mol. The third kappa shape index (κ3) is 5.03. The van der Waals surface area contributed by atoms with Gasteiger partial charge in [-0.3, -0.25) is 4.57 Å². The minimum absolute atomic E-state index is 0.306. The molecule has 0 aliphatic heterocycles. The van der Waals surface area contributed by atoms with E-state index in [-0.39, 0.29) is 0 Å². The predicted octanol–water partition coefficient (Wildman–Crippen LogP) is 10.2. The number of benzene rings is 5. The van der Waals surface area contributed by atoms with Gasteiger partial charge >= 0.3 is 0 Å². The molecule has 0 amide bonds. The molecule has 0 saturated carbocycles. The second-order valence-corrected chi connectivity index (χ2v) is 17.7. The van der Waals surface area contributed by atoms with Crippen LogP contribution in [-0.4, -0.2) is 17.6 Å². The van der Waals surface area contributed by atoms with Gasteiger partial charge in [0, 0.05) is 5.39 Å². The third-order valence-electron chi connectivity index (χ3n) is 9.34. The minimum atomic E-state index is -1.93. The largest absolute Gasteiger partial charge is 0.464 e. The topological polar surface area (TPSA) is 31.0 Å². The van der Waals surface area contributed by atoms with E-state index in [9.17, 15) is 0 Å². The molecule has 0 radical (unpaired) electrons. The van der Waals surface area contributed by atoms with Gasteiger partial charge in [0.05, 0.1) is 22.3 Å². The van der Waals surface area contributed by atoms with Gasteiger partial charge in [0.15, 0.2) is 0 Å². The number of rotatable bonds is 7. The highest BCUT2D eigenvalue weighted by Gasteiger charge is 2.28. The first-order valence-electron chi connectivity index (χ1n) is 16.0. The van der Waals surface area contributed by atoms with Crippen LogP contribution in [0.3, 0.4) is 0 Å². The summed E-state index contributed by atoms with van der Waals surface area (Å²) in [6, 6.07) is 41.7. The average Bonchev–Trinajstić information content (AvgIpc) is 3.66. The molecule has 0 atom stereocenters. The fraction of sp³-hybridized carbons (Fsp3) is 0.195. The summed E-state index contributed by atoms with van der Waals surface area (Å²) in [6.07, 6.45) is 1.91. The number of para-hydroxylation sites is 2. The van der Waals surface area contributed by atoms with Crippen LogP contribution in [0.25, 0.3) is 50.2 Å². The van der Waals surface area contributed by atoms with Crippen LogP contribution in [0.5, 0.6) is 0 Å². The molecule has 7 aromatic rings. The molecule has 0 N–H and O–H groups in total. The van der Waals surface area contributed by atoms with Crippen molar-refractivity contribution in [2.75, 3.05) is 0 Å². The van der Waals surface area contributed by atoms with E-state index in [4.69, 9.17) is 9.40 Å². The molecular formula is C41H40N2OSi. The lowest BCUT2D eigenvalue weighted by Gasteiger charge is -2.24. The molecule has 0 fully saturated rings. The number of aromatic nitrogens is 2. The Hall–Kier alpha value is -4.67. The molecule has 0 saturated heterocycles. The molecule has 2 aromatic heterocycles. The van der Waals surface area contributed by atoms with Crippen molar-refractivity contribution in [1.29, 1.82) is 0 Å². The monoisotopic (exact) mass is 604 g/mol. The predicted molar refractivity (Wildman–Crippen MR) is 193 cm³/mol.